The summed E-state index contributed by atoms with van der Waals surface area (Å²) in [6.45, 7) is 1.55. The number of nitrogens with two attached hydrogens (primary N) is 1. The molecular weight excluding hydrogens is 277 g/mol. The molecule has 5 nitrogen and oxygen atoms in total. The SMILES string of the molecule is C[C@@H](O)[C@H](N)c1nc(-c2ccc(Cl)c(Cl)c2)no1. The molecule has 0 saturated heterocycles. The first-order valence-corrected chi connectivity index (χ1v) is 5.97. The van der Waals surface area contributed by atoms with Gasteiger partial charge in [0.25, 0.3) is 0 Å². The third-order valence-corrected chi connectivity index (χ3v) is 3.16. The summed E-state index contributed by atoms with van der Waals surface area (Å²) < 4.78 is 4.99. The Morgan fingerprint density at radius 2 is 2.06 bits per heavy atom. The fourth-order valence-corrected chi connectivity index (χ4v) is 1.63. The predicted molar refractivity (Wildman–Crippen MR) is 68.4 cm³/mol. The lowest BCUT2D eigenvalue weighted by atomic mass is 10.2. The second-order valence-electron chi connectivity index (χ2n) is 3.85. The van der Waals surface area contributed by atoms with Crippen molar-refractivity contribution in [1.29, 1.82) is 0 Å². The number of aliphatic hydroxyl groups excluding tert-OH is 1. The highest BCUT2D eigenvalue weighted by Crippen LogP contribution is 2.27. The van der Waals surface area contributed by atoms with E-state index < -0.39 is 12.1 Å². The van der Waals surface area contributed by atoms with E-state index >= 15 is 0 Å². The number of hydrogen-bond acceptors (Lipinski definition) is 5. The van der Waals surface area contributed by atoms with Gasteiger partial charge in [-0.05, 0) is 25.1 Å². The molecule has 0 bridgehead atoms. The highest BCUT2D eigenvalue weighted by molar-refractivity contribution is 6.42. The minimum atomic E-state index is -0.771. The summed E-state index contributed by atoms with van der Waals surface area (Å²) in [5, 5.41) is 14.0. The molecule has 1 heterocycles. The highest BCUT2D eigenvalue weighted by atomic mass is 35.5. The maximum atomic E-state index is 9.34. The number of halogens is 2. The van der Waals surface area contributed by atoms with Crippen molar-refractivity contribution in [1.82, 2.24) is 10.1 Å². The van der Waals surface area contributed by atoms with E-state index in [-0.39, 0.29) is 5.89 Å². The van der Waals surface area contributed by atoms with Crippen LogP contribution >= 0.6 is 23.2 Å². The lowest BCUT2D eigenvalue weighted by Gasteiger charge is -2.08. The maximum absolute atomic E-state index is 9.34. The number of aromatic nitrogens is 2. The molecule has 96 valence electrons. The van der Waals surface area contributed by atoms with Gasteiger partial charge >= 0.3 is 0 Å². The van der Waals surface area contributed by atoms with Crippen molar-refractivity contribution >= 4 is 23.2 Å². The minimum Gasteiger partial charge on any atom is -0.391 e. The van der Waals surface area contributed by atoms with Gasteiger partial charge in [0.1, 0.15) is 6.04 Å². The summed E-state index contributed by atoms with van der Waals surface area (Å²) in [5.74, 6) is 0.519. The van der Waals surface area contributed by atoms with Gasteiger partial charge in [-0.15, -0.1) is 0 Å². The normalized spacial score (nSPS) is 14.5. The van der Waals surface area contributed by atoms with Crippen LogP contribution in [0.3, 0.4) is 0 Å². The van der Waals surface area contributed by atoms with Gasteiger partial charge in [-0.3, -0.25) is 0 Å². The Balaban J connectivity index is 2.32. The zero-order valence-corrected chi connectivity index (χ0v) is 11.0. The van der Waals surface area contributed by atoms with Gasteiger partial charge < -0.3 is 15.4 Å². The molecule has 0 fully saturated rings. The summed E-state index contributed by atoms with van der Waals surface area (Å²) in [5.41, 5.74) is 6.35. The van der Waals surface area contributed by atoms with Crippen molar-refractivity contribution < 1.29 is 9.63 Å². The average Bonchev–Trinajstić information content (AvgIpc) is 2.81. The Morgan fingerprint density at radius 1 is 1.33 bits per heavy atom. The van der Waals surface area contributed by atoms with Crippen LogP contribution in [0.2, 0.25) is 10.0 Å². The molecule has 3 N–H and O–H groups in total. The molecule has 18 heavy (non-hydrogen) atoms. The molecular formula is C11H11Cl2N3O2. The Labute approximate surface area is 114 Å². The largest absolute Gasteiger partial charge is 0.391 e. The molecule has 1 aromatic carbocycles. The Kier molecular flexibility index (Phi) is 3.87. The van der Waals surface area contributed by atoms with E-state index in [2.05, 4.69) is 10.1 Å². The second-order valence-corrected chi connectivity index (χ2v) is 4.67. The van der Waals surface area contributed by atoms with E-state index in [1.54, 1.807) is 25.1 Å². The fraction of sp³-hybridized carbons (Fsp3) is 0.273. The molecule has 0 saturated carbocycles. The standard InChI is InChI=1S/C11H11Cl2N3O2/c1-5(17)9(14)11-15-10(16-18-11)6-2-3-7(12)8(13)4-6/h2-5,9,17H,14H2,1H3/t5-,9+/m1/s1. The van der Waals surface area contributed by atoms with E-state index in [4.69, 9.17) is 33.5 Å². The zero-order valence-electron chi connectivity index (χ0n) is 9.47. The molecule has 2 rings (SSSR count). The van der Waals surface area contributed by atoms with Crippen molar-refractivity contribution in [2.45, 2.75) is 19.1 Å². The summed E-state index contributed by atoms with van der Waals surface area (Å²) in [6.07, 6.45) is -0.771. The van der Waals surface area contributed by atoms with E-state index in [1.165, 1.54) is 0 Å². The molecule has 0 unspecified atom stereocenters. The molecule has 0 aliphatic rings. The Hall–Kier alpha value is -1.14. The smallest absolute Gasteiger partial charge is 0.246 e. The lowest BCUT2D eigenvalue weighted by Crippen LogP contribution is -2.23. The molecule has 0 spiro atoms. The number of hydrogen-bond donors (Lipinski definition) is 2. The molecule has 7 heteroatoms. The van der Waals surface area contributed by atoms with Gasteiger partial charge in [0.15, 0.2) is 0 Å². The molecule has 2 aromatic rings. The van der Waals surface area contributed by atoms with Gasteiger partial charge in [-0.2, -0.15) is 4.98 Å². The zero-order chi connectivity index (χ0) is 13.3. The third kappa shape index (κ3) is 2.64. The number of rotatable bonds is 3. The summed E-state index contributed by atoms with van der Waals surface area (Å²) in [7, 11) is 0. The van der Waals surface area contributed by atoms with Crippen LogP contribution in [-0.2, 0) is 0 Å². The van der Waals surface area contributed by atoms with E-state index in [9.17, 15) is 5.11 Å². The quantitative estimate of drug-likeness (QED) is 0.906. The topological polar surface area (TPSA) is 85.2 Å². The summed E-state index contributed by atoms with van der Waals surface area (Å²) in [6, 6.07) is 4.28. The van der Waals surface area contributed by atoms with Crippen LogP contribution in [0.1, 0.15) is 18.9 Å². The fourth-order valence-electron chi connectivity index (χ4n) is 1.33. The van der Waals surface area contributed by atoms with Crippen molar-refractivity contribution in [2.24, 2.45) is 5.73 Å². The van der Waals surface area contributed by atoms with Gasteiger partial charge in [-0.25, -0.2) is 0 Å². The highest BCUT2D eigenvalue weighted by Gasteiger charge is 2.20. The van der Waals surface area contributed by atoms with Gasteiger partial charge in [0.05, 0.1) is 16.1 Å². The molecule has 0 aliphatic heterocycles. The number of nitrogens with zero attached hydrogens (tertiary/aromatic N) is 2. The number of benzene rings is 1. The molecule has 0 radical (unpaired) electrons. The van der Waals surface area contributed by atoms with Crippen molar-refractivity contribution in [3.05, 3.63) is 34.1 Å². The van der Waals surface area contributed by atoms with Gasteiger partial charge in [0, 0.05) is 5.56 Å². The summed E-state index contributed by atoms with van der Waals surface area (Å²) >= 11 is 11.7. The Morgan fingerprint density at radius 3 is 2.67 bits per heavy atom. The lowest BCUT2D eigenvalue weighted by molar-refractivity contribution is 0.146. The predicted octanol–water partition coefficient (Wildman–Crippen LogP) is 2.42. The van der Waals surface area contributed by atoms with Gasteiger partial charge in [-0.1, -0.05) is 28.4 Å². The molecule has 2 atom stereocenters. The first-order valence-electron chi connectivity index (χ1n) is 5.21. The van der Waals surface area contributed by atoms with Crippen LogP contribution in [0.25, 0.3) is 11.4 Å². The molecule has 0 aliphatic carbocycles. The van der Waals surface area contributed by atoms with Crippen LogP contribution in [0.5, 0.6) is 0 Å². The van der Waals surface area contributed by atoms with Crippen LogP contribution in [0.4, 0.5) is 0 Å². The van der Waals surface area contributed by atoms with Crippen LogP contribution in [0.15, 0.2) is 22.7 Å². The molecule has 0 amide bonds. The van der Waals surface area contributed by atoms with Crippen molar-refractivity contribution in [2.75, 3.05) is 0 Å². The molecule has 1 aromatic heterocycles. The average molecular weight is 288 g/mol. The minimum absolute atomic E-state index is 0.172. The second kappa shape index (κ2) is 5.24. The maximum Gasteiger partial charge on any atom is 0.246 e. The monoisotopic (exact) mass is 287 g/mol. The van der Waals surface area contributed by atoms with Crippen LogP contribution in [0, 0.1) is 0 Å². The van der Waals surface area contributed by atoms with E-state index in [1.807, 2.05) is 0 Å². The van der Waals surface area contributed by atoms with E-state index in [0.717, 1.165) is 0 Å². The van der Waals surface area contributed by atoms with Crippen LogP contribution in [-0.4, -0.2) is 21.4 Å². The Bertz CT molecular complexity index is 557. The van der Waals surface area contributed by atoms with Crippen LogP contribution < -0.4 is 5.73 Å². The van der Waals surface area contributed by atoms with Crippen molar-refractivity contribution in [3.8, 4) is 11.4 Å². The van der Waals surface area contributed by atoms with E-state index in [0.29, 0.717) is 21.4 Å². The summed E-state index contributed by atoms with van der Waals surface area (Å²) in [4.78, 5) is 4.11. The first-order chi connectivity index (χ1) is 8.49. The third-order valence-electron chi connectivity index (χ3n) is 2.42. The van der Waals surface area contributed by atoms with Crippen molar-refractivity contribution in [3.63, 3.8) is 0 Å². The first kappa shape index (κ1) is 13.3. The number of aliphatic hydroxyl groups is 1. The van der Waals surface area contributed by atoms with Gasteiger partial charge in [0.2, 0.25) is 11.7 Å².